The monoisotopic (exact) mass is 339 g/mol. The number of amides is 1. The van der Waals surface area contributed by atoms with Crippen LogP contribution in [0.5, 0.6) is 0 Å². The van der Waals surface area contributed by atoms with Crippen LogP contribution in [0.3, 0.4) is 0 Å². The Kier molecular flexibility index (Phi) is 5.71. The number of nitrogens with one attached hydrogen (secondary N) is 1. The molecule has 0 aliphatic carbocycles. The van der Waals surface area contributed by atoms with Crippen molar-refractivity contribution in [3.63, 3.8) is 0 Å². The van der Waals surface area contributed by atoms with Crippen molar-refractivity contribution < 1.29 is 14.6 Å². The van der Waals surface area contributed by atoms with Gasteiger partial charge in [-0.05, 0) is 36.0 Å². The average molecular weight is 340 g/mol. The molecular formula is C18H26ClNO3. The molecule has 0 bridgehead atoms. The van der Waals surface area contributed by atoms with Crippen LogP contribution in [0.2, 0.25) is 5.02 Å². The Morgan fingerprint density at radius 2 is 2.04 bits per heavy atom. The lowest BCUT2D eigenvalue weighted by Crippen LogP contribution is -2.50. The van der Waals surface area contributed by atoms with Crippen molar-refractivity contribution in [3.05, 3.63) is 34.9 Å². The minimum atomic E-state index is -0.638. The molecule has 2 N–H and O–H groups in total. The van der Waals surface area contributed by atoms with E-state index in [9.17, 15) is 9.90 Å². The quantitative estimate of drug-likeness (QED) is 0.886. The van der Waals surface area contributed by atoms with Crippen LogP contribution >= 0.6 is 11.6 Å². The summed E-state index contributed by atoms with van der Waals surface area (Å²) in [5, 5.41) is 13.7. The van der Waals surface area contributed by atoms with Gasteiger partial charge in [0.15, 0.2) is 0 Å². The van der Waals surface area contributed by atoms with Gasteiger partial charge in [-0.3, -0.25) is 4.79 Å². The summed E-state index contributed by atoms with van der Waals surface area (Å²) in [6.45, 7) is 7.18. The van der Waals surface area contributed by atoms with Gasteiger partial charge in [0.25, 0.3) is 0 Å². The van der Waals surface area contributed by atoms with Gasteiger partial charge in [0.1, 0.15) is 0 Å². The number of benzene rings is 1. The van der Waals surface area contributed by atoms with Crippen molar-refractivity contribution >= 4 is 17.5 Å². The van der Waals surface area contributed by atoms with Gasteiger partial charge in [-0.25, -0.2) is 0 Å². The first-order chi connectivity index (χ1) is 10.8. The first kappa shape index (κ1) is 18.2. The van der Waals surface area contributed by atoms with Crippen LogP contribution in [0.15, 0.2) is 24.3 Å². The smallest absolute Gasteiger partial charge is 0.230 e. The molecule has 1 aliphatic heterocycles. The van der Waals surface area contributed by atoms with Crippen LogP contribution in [0, 0.1) is 5.41 Å². The zero-order valence-corrected chi connectivity index (χ0v) is 14.8. The molecule has 0 radical (unpaired) electrons. The van der Waals surface area contributed by atoms with Gasteiger partial charge in [0.05, 0.1) is 11.5 Å². The third-order valence-corrected chi connectivity index (χ3v) is 4.85. The normalized spacial score (nSPS) is 19.2. The minimum Gasteiger partial charge on any atom is -0.391 e. The Balaban J connectivity index is 2.20. The molecule has 1 heterocycles. The molecule has 5 heteroatoms. The van der Waals surface area contributed by atoms with E-state index >= 15 is 0 Å². The van der Waals surface area contributed by atoms with Crippen molar-refractivity contribution in [2.75, 3.05) is 19.8 Å². The summed E-state index contributed by atoms with van der Waals surface area (Å²) in [5.41, 5.74) is 0.00321. The summed E-state index contributed by atoms with van der Waals surface area (Å²) >= 11 is 6.12. The van der Waals surface area contributed by atoms with Crippen molar-refractivity contribution in [2.24, 2.45) is 5.41 Å². The van der Waals surface area contributed by atoms with E-state index in [0.717, 1.165) is 5.56 Å². The summed E-state index contributed by atoms with van der Waals surface area (Å²) < 4.78 is 5.44. The zero-order valence-electron chi connectivity index (χ0n) is 14.1. The van der Waals surface area contributed by atoms with Gasteiger partial charge in [-0.15, -0.1) is 0 Å². The molecular weight excluding hydrogens is 314 g/mol. The summed E-state index contributed by atoms with van der Waals surface area (Å²) in [6, 6.07) is 7.47. The molecule has 4 nitrogen and oxygen atoms in total. The predicted molar refractivity (Wildman–Crippen MR) is 91.7 cm³/mol. The molecule has 23 heavy (non-hydrogen) atoms. The summed E-state index contributed by atoms with van der Waals surface area (Å²) in [4.78, 5) is 12.9. The Morgan fingerprint density at radius 3 is 2.61 bits per heavy atom. The van der Waals surface area contributed by atoms with Crippen LogP contribution in [0.25, 0.3) is 0 Å². The number of rotatable bonds is 4. The lowest BCUT2D eigenvalue weighted by atomic mass is 9.73. The molecule has 1 fully saturated rings. The van der Waals surface area contributed by atoms with Crippen LogP contribution in [-0.4, -0.2) is 36.9 Å². The van der Waals surface area contributed by atoms with E-state index in [1.54, 1.807) is 6.07 Å². The molecule has 1 unspecified atom stereocenters. The molecule has 1 atom stereocenters. The lowest BCUT2D eigenvalue weighted by Gasteiger charge is -2.37. The second-order valence-corrected chi connectivity index (χ2v) is 7.73. The first-order valence-electron chi connectivity index (χ1n) is 8.06. The van der Waals surface area contributed by atoms with Crippen LogP contribution in [-0.2, 0) is 14.9 Å². The van der Waals surface area contributed by atoms with E-state index in [0.29, 0.717) is 31.1 Å². The van der Waals surface area contributed by atoms with Gasteiger partial charge >= 0.3 is 0 Å². The fourth-order valence-electron chi connectivity index (χ4n) is 2.82. The summed E-state index contributed by atoms with van der Waals surface area (Å²) in [5.74, 6) is -0.0635. The van der Waals surface area contributed by atoms with Gasteiger partial charge in [-0.1, -0.05) is 44.5 Å². The van der Waals surface area contributed by atoms with E-state index in [1.807, 2.05) is 39.0 Å². The average Bonchev–Trinajstić information content (AvgIpc) is 2.52. The van der Waals surface area contributed by atoms with Crippen LogP contribution in [0.1, 0.15) is 39.2 Å². The molecule has 1 amide bonds. The molecule has 0 spiro atoms. The third kappa shape index (κ3) is 4.25. The maximum atomic E-state index is 12.9. The van der Waals surface area contributed by atoms with Gasteiger partial charge in [0.2, 0.25) is 5.91 Å². The highest BCUT2D eigenvalue weighted by molar-refractivity contribution is 6.30. The molecule has 2 rings (SSSR count). The van der Waals surface area contributed by atoms with E-state index in [4.69, 9.17) is 16.3 Å². The molecule has 1 aromatic carbocycles. The molecule has 1 aliphatic rings. The lowest BCUT2D eigenvalue weighted by molar-refractivity contribution is -0.131. The highest BCUT2D eigenvalue weighted by Gasteiger charge is 2.42. The standard InChI is InChI=1S/C18H26ClNO3/c1-17(2,3)15(21)12-20-16(22)18(7-9-23-10-8-18)13-5-4-6-14(19)11-13/h4-6,11,15,21H,7-10,12H2,1-3H3,(H,20,22). The number of hydrogen-bond donors (Lipinski definition) is 2. The first-order valence-corrected chi connectivity index (χ1v) is 8.44. The zero-order chi connectivity index (χ0) is 17.1. The number of aliphatic hydroxyl groups excluding tert-OH is 1. The minimum absolute atomic E-state index is 0.0635. The number of ether oxygens (including phenoxy) is 1. The van der Waals surface area contributed by atoms with Gasteiger partial charge < -0.3 is 15.2 Å². The molecule has 1 saturated heterocycles. The largest absolute Gasteiger partial charge is 0.391 e. The number of aliphatic hydroxyl groups is 1. The Bertz CT molecular complexity index is 547. The maximum Gasteiger partial charge on any atom is 0.230 e. The van der Waals surface area contributed by atoms with E-state index in [2.05, 4.69) is 5.32 Å². The van der Waals surface area contributed by atoms with Gasteiger partial charge in [-0.2, -0.15) is 0 Å². The Labute approximate surface area is 143 Å². The number of halogens is 1. The topological polar surface area (TPSA) is 58.6 Å². The fourth-order valence-corrected chi connectivity index (χ4v) is 3.01. The number of hydrogen-bond acceptors (Lipinski definition) is 3. The van der Waals surface area contributed by atoms with Crippen LogP contribution in [0.4, 0.5) is 0 Å². The molecule has 1 aromatic rings. The maximum absolute atomic E-state index is 12.9. The van der Waals surface area contributed by atoms with Crippen molar-refractivity contribution in [1.29, 1.82) is 0 Å². The third-order valence-electron chi connectivity index (χ3n) is 4.61. The molecule has 0 saturated carbocycles. The fraction of sp³-hybridized carbons (Fsp3) is 0.611. The van der Waals surface area contributed by atoms with Gasteiger partial charge in [0, 0.05) is 24.8 Å². The number of carbonyl (C=O) groups excluding carboxylic acids is 1. The highest BCUT2D eigenvalue weighted by atomic mass is 35.5. The molecule has 0 aromatic heterocycles. The predicted octanol–water partition coefficient (Wildman–Crippen LogP) is 2.91. The van der Waals surface area contributed by atoms with Crippen LogP contribution < -0.4 is 5.32 Å². The molecule has 128 valence electrons. The van der Waals surface area contributed by atoms with Crippen molar-refractivity contribution in [2.45, 2.75) is 45.1 Å². The second kappa shape index (κ2) is 7.20. The van der Waals surface area contributed by atoms with E-state index in [1.165, 1.54) is 0 Å². The Hall–Kier alpha value is -1.10. The SMILES string of the molecule is CC(C)(C)C(O)CNC(=O)C1(c2cccc(Cl)c2)CCOCC1. The summed E-state index contributed by atoms with van der Waals surface area (Å²) in [7, 11) is 0. The van der Waals surface area contributed by atoms with E-state index in [-0.39, 0.29) is 17.9 Å². The number of carbonyl (C=O) groups is 1. The second-order valence-electron chi connectivity index (χ2n) is 7.30. The highest BCUT2D eigenvalue weighted by Crippen LogP contribution is 2.36. The summed E-state index contributed by atoms with van der Waals surface area (Å²) in [6.07, 6.45) is 0.637. The Morgan fingerprint density at radius 1 is 1.39 bits per heavy atom. The van der Waals surface area contributed by atoms with Crippen molar-refractivity contribution in [3.8, 4) is 0 Å². The van der Waals surface area contributed by atoms with E-state index < -0.39 is 11.5 Å². The van der Waals surface area contributed by atoms with Crippen molar-refractivity contribution in [1.82, 2.24) is 5.32 Å².